The van der Waals surface area contributed by atoms with Gasteiger partial charge in [0.15, 0.2) is 0 Å². The number of hydrogen-bond donors (Lipinski definition) is 1. The maximum atomic E-state index is 11.4. The van der Waals surface area contributed by atoms with E-state index in [0.717, 1.165) is 18.9 Å². The Morgan fingerprint density at radius 1 is 1.31 bits per heavy atom. The second-order valence-corrected chi connectivity index (χ2v) is 6.38. The van der Waals surface area contributed by atoms with Crippen LogP contribution >= 0.6 is 0 Å². The molecule has 1 saturated heterocycles. The summed E-state index contributed by atoms with van der Waals surface area (Å²) in [5, 5.41) is 32.9. The molecule has 138 valence electrons. The number of benzene rings is 1. The first-order valence-electron chi connectivity index (χ1n) is 8.21. The SMILES string of the molecule is Cn1ccnc1C(O)C1CCCN(c2ccc([N+](=O)[O-])cc2[N+](=O)[O-])C1. The minimum atomic E-state index is -0.782. The fourth-order valence-electron chi connectivity index (χ4n) is 3.40. The van der Waals surface area contributed by atoms with Crippen LogP contribution in [0, 0.1) is 26.1 Å². The molecule has 1 aromatic carbocycles. The molecule has 0 saturated carbocycles. The van der Waals surface area contributed by atoms with Gasteiger partial charge >= 0.3 is 0 Å². The first-order chi connectivity index (χ1) is 12.4. The third kappa shape index (κ3) is 3.36. The van der Waals surface area contributed by atoms with Crippen molar-refractivity contribution in [1.29, 1.82) is 0 Å². The van der Waals surface area contributed by atoms with Gasteiger partial charge in [-0.15, -0.1) is 0 Å². The van der Waals surface area contributed by atoms with Gasteiger partial charge < -0.3 is 14.6 Å². The summed E-state index contributed by atoms with van der Waals surface area (Å²) >= 11 is 0. The molecule has 2 heterocycles. The maximum Gasteiger partial charge on any atom is 0.299 e. The summed E-state index contributed by atoms with van der Waals surface area (Å²) in [4.78, 5) is 27.0. The molecular weight excluding hydrogens is 342 g/mol. The minimum Gasteiger partial charge on any atom is -0.385 e. The molecule has 1 aliphatic heterocycles. The summed E-state index contributed by atoms with van der Waals surface area (Å²) in [5.74, 6) is 0.412. The molecule has 2 unspecified atom stereocenters. The average Bonchev–Trinajstić information content (AvgIpc) is 3.06. The molecule has 2 atom stereocenters. The molecule has 10 nitrogen and oxygen atoms in total. The van der Waals surface area contributed by atoms with Gasteiger partial charge in [-0.05, 0) is 18.9 Å². The molecule has 0 spiro atoms. The summed E-state index contributed by atoms with van der Waals surface area (Å²) in [6.45, 7) is 0.995. The molecule has 0 amide bonds. The number of aromatic nitrogens is 2. The highest BCUT2D eigenvalue weighted by Crippen LogP contribution is 2.36. The van der Waals surface area contributed by atoms with Crippen LogP contribution in [0.25, 0.3) is 0 Å². The monoisotopic (exact) mass is 361 g/mol. The Balaban J connectivity index is 1.87. The molecule has 1 fully saturated rings. The second-order valence-electron chi connectivity index (χ2n) is 6.38. The van der Waals surface area contributed by atoms with Gasteiger partial charge in [-0.25, -0.2) is 4.98 Å². The molecular formula is C16H19N5O5. The van der Waals surface area contributed by atoms with Crippen molar-refractivity contribution >= 4 is 17.1 Å². The number of nitrogens with zero attached hydrogens (tertiary/aromatic N) is 5. The molecule has 0 bridgehead atoms. The highest BCUT2D eigenvalue weighted by Gasteiger charge is 2.32. The lowest BCUT2D eigenvalue weighted by Gasteiger charge is -2.36. The van der Waals surface area contributed by atoms with Crippen molar-refractivity contribution in [3.63, 3.8) is 0 Å². The quantitative estimate of drug-likeness (QED) is 0.638. The molecule has 3 rings (SSSR count). The largest absolute Gasteiger partial charge is 0.385 e. The van der Waals surface area contributed by atoms with E-state index in [1.54, 1.807) is 24.0 Å². The smallest absolute Gasteiger partial charge is 0.299 e. The molecule has 0 aliphatic carbocycles. The Morgan fingerprint density at radius 3 is 2.69 bits per heavy atom. The number of aliphatic hydroxyl groups is 1. The summed E-state index contributed by atoms with van der Waals surface area (Å²) in [5.41, 5.74) is -0.286. The third-order valence-electron chi connectivity index (χ3n) is 4.73. The summed E-state index contributed by atoms with van der Waals surface area (Å²) < 4.78 is 1.75. The third-order valence-corrected chi connectivity index (χ3v) is 4.73. The Morgan fingerprint density at radius 2 is 2.08 bits per heavy atom. The van der Waals surface area contributed by atoms with E-state index in [-0.39, 0.29) is 17.3 Å². The zero-order chi connectivity index (χ0) is 18.8. The van der Waals surface area contributed by atoms with Crippen LogP contribution in [0.15, 0.2) is 30.6 Å². The molecule has 26 heavy (non-hydrogen) atoms. The topological polar surface area (TPSA) is 128 Å². The molecule has 1 aromatic heterocycles. The van der Waals surface area contributed by atoms with E-state index in [2.05, 4.69) is 4.98 Å². The number of nitro groups is 2. The van der Waals surface area contributed by atoms with Crippen molar-refractivity contribution in [3.05, 3.63) is 56.6 Å². The minimum absolute atomic E-state index is 0.139. The summed E-state index contributed by atoms with van der Waals surface area (Å²) in [6.07, 6.45) is 4.10. The van der Waals surface area contributed by atoms with E-state index in [9.17, 15) is 25.3 Å². The van der Waals surface area contributed by atoms with Gasteiger partial charge in [-0.1, -0.05) is 0 Å². The van der Waals surface area contributed by atoms with Crippen LogP contribution in [0.3, 0.4) is 0 Å². The number of aryl methyl sites for hydroxylation is 1. The average molecular weight is 361 g/mol. The van der Waals surface area contributed by atoms with Crippen molar-refractivity contribution in [2.75, 3.05) is 18.0 Å². The van der Waals surface area contributed by atoms with E-state index in [1.165, 1.54) is 12.1 Å². The number of piperidine rings is 1. The predicted molar refractivity (Wildman–Crippen MR) is 92.9 cm³/mol. The van der Waals surface area contributed by atoms with Crippen molar-refractivity contribution in [2.45, 2.75) is 18.9 Å². The first kappa shape index (κ1) is 17.8. The normalized spacial score (nSPS) is 18.5. The number of aliphatic hydroxyl groups excluding tert-OH is 1. The second kappa shape index (κ2) is 7.08. The standard InChI is InChI=1S/C16H19N5O5/c1-18-8-6-17-16(18)15(22)11-3-2-7-19(10-11)13-5-4-12(20(23)24)9-14(13)21(25)26/h4-6,8-9,11,15,22H,2-3,7,10H2,1H3. The number of hydrogen-bond acceptors (Lipinski definition) is 7. The van der Waals surface area contributed by atoms with Gasteiger partial charge in [0.1, 0.15) is 17.6 Å². The molecule has 2 aromatic rings. The Kier molecular flexibility index (Phi) is 4.85. The number of imidazole rings is 1. The molecule has 0 radical (unpaired) electrons. The highest BCUT2D eigenvalue weighted by atomic mass is 16.6. The fraction of sp³-hybridized carbons (Fsp3) is 0.438. The van der Waals surface area contributed by atoms with E-state index in [1.807, 2.05) is 4.90 Å². The number of anilines is 1. The zero-order valence-corrected chi connectivity index (χ0v) is 14.2. The summed E-state index contributed by atoms with van der Waals surface area (Å²) in [7, 11) is 1.80. The highest BCUT2D eigenvalue weighted by molar-refractivity contribution is 5.67. The molecule has 10 heteroatoms. The van der Waals surface area contributed by atoms with E-state index >= 15 is 0 Å². The van der Waals surface area contributed by atoms with Crippen molar-refractivity contribution in [2.24, 2.45) is 13.0 Å². The van der Waals surface area contributed by atoms with E-state index < -0.39 is 16.0 Å². The predicted octanol–water partition coefficient (Wildman–Crippen LogP) is 2.19. The lowest BCUT2D eigenvalue weighted by Crippen LogP contribution is -2.38. The van der Waals surface area contributed by atoms with Crippen molar-refractivity contribution < 1.29 is 15.0 Å². The van der Waals surface area contributed by atoms with Gasteiger partial charge in [-0.2, -0.15) is 0 Å². The Bertz CT molecular complexity index is 836. The number of non-ortho nitro benzene ring substituents is 1. The molecule has 1 aliphatic rings. The van der Waals surface area contributed by atoms with Gasteiger partial charge in [0.05, 0.1) is 15.9 Å². The van der Waals surface area contributed by atoms with Crippen LogP contribution in [0.2, 0.25) is 0 Å². The van der Waals surface area contributed by atoms with Crippen LogP contribution in [-0.4, -0.2) is 37.6 Å². The van der Waals surface area contributed by atoms with Crippen LogP contribution in [0.1, 0.15) is 24.8 Å². The first-order valence-corrected chi connectivity index (χ1v) is 8.21. The van der Waals surface area contributed by atoms with Crippen LogP contribution in [-0.2, 0) is 7.05 Å². The van der Waals surface area contributed by atoms with E-state index in [0.29, 0.717) is 24.6 Å². The number of rotatable bonds is 5. The Hall–Kier alpha value is -3.01. The van der Waals surface area contributed by atoms with Crippen molar-refractivity contribution in [3.8, 4) is 0 Å². The zero-order valence-electron chi connectivity index (χ0n) is 14.2. The number of nitro benzene ring substituents is 2. The lowest BCUT2D eigenvalue weighted by molar-refractivity contribution is -0.393. The lowest BCUT2D eigenvalue weighted by atomic mass is 9.91. The van der Waals surface area contributed by atoms with Gasteiger partial charge in [-0.3, -0.25) is 20.2 Å². The van der Waals surface area contributed by atoms with E-state index in [4.69, 9.17) is 0 Å². The maximum absolute atomic E-state index is 11.4. The van der Waals surface area contributed by atoms with Crippen LogP contribution < -0.4 is 4.90 Å². The fourth-order valence-corrected chi connectivity index (χ4v) is 3.40. The molecule has 1 N–H and O–H groups in total. The van der Waals surface area contributed by atoms with Gasteiger partial charge in [0, 0.05) is 44.5 Å². The summed E-state index contributed by atoms with van der Waals surface area (Å²) in [6, 6.07) is 3.65. The van der Waals surface area contributed by atoms with Crippen LogP contribution in [0.5, 0.6) is 0 Å². The van der Waals surface area contributed by atoms with Crippen LogP contribution in [0.4, 0.5) is 17.1 Å². The van der Waals surface area contributed by atoms with Gasteiger partial charge in [0.2, 0.25) is 0 Å². The Labute approximate surface area is 149 Å². The van der Waals surface area contributed by atoms with Gasteiger partial charge in [0.25, 0.3) is 11.4 Å². The van der Waals surface area contributed by atoms with Crippen molar-refractivity contribution in [1.82, 2.24) is 9.55 Å².